The third-order valence-corrected chi connectivity index (χ3v) is 2.94. The Balaban J connectivity index is 2.37. The fourth-order valence-corrected chi connectivity index (χ4v) is 1.95. The minimum absolute atomic E-state index is 0.0306. The van der Waals surface area contributed by atoms with E-state index in [4.69, 9.17) is 5.11 Å². The Morgan fingerprint density at radius 2 is 2.05 bits per heavy atom. The van der Waals surface area contributed by atoms with Crippen molar-refractivity contribution in [2.24, 2.45) is 4.99 Å². The second-order valence-corrected chi connectivity index (χ2v) is 4.42. The summed E-state index contributed by atoms with van der Waals surface area (Å²) in [6, 6.07) is 7.04. The SMILES string of the molecule is CN1CC(=O)N(C)/C1=N/c1ccccc1CC(=O)O. The highest BCUT2D eigenvalue weighted by molar-refractivity contribution is 6.04. The standard InChI is InChI=1S/C13H15N3O3/c1-15-8-11(17)16(2)13(15)14-10-6-4-3-5-9(10)7-12(18)19/h3-6H,7-8H2,1-2H3,(H,18,19)/b14-13+. The fraction of sp³-hybridized carbons (Fsp3) is 0.308. The van der Waals surface area contributed by atoms with Gasteiger partial charge in [-0.25, -0.2) is 4.99 Å². The van der Waals surface area contributed by atoms with Gasteiger partial charge in [0.1, 0.15) is 0 Å². The number of carbonyl (C=O) groups excluding carboxylic acids is 1. The number of rotatable bonds is 3. The van der Waals surface area contributed by atoms with Gasteiger partial charge < -0.3 is 10.0 Å². The van der Waals surface area contributed by atoms with Crippen molar-refractivity contribution in [3.63, 3.8) is 0 Å². The lowest BCUT2D eigenvalue weighted by molar-refractivity contribution is -0.136. The highest BCUT2D eigenvalue weighted by Gasteiger charge is 2.28. The van der Waals surface area contributed by atoms with E-state index in [2.05, 4.69) is 4.99 Å². The molecule has 0 bridgehead atoms. The summed E-state index contributed by atoms with van der Waals surface area (Å²) in [6.45, 7) is 0.288. The van der Waals surface area contributed by atoms with Crippen LogP contribution >= 0.6 is 0 Å². The molecular weight excluding hydrogens is 246 g/mol. The molecule has 0 aromatic heterocycles. The number of benzene rings is 1. The number of carbonyl (C=O) groups is 2. The van der Waals surface area contributed by atoms with Crippen LogP contribution in [0.2, 0.25) is 0 Å². The van der Waals surface area contributed by atoms with Crippen LogP contribution in [-0.2, 0) is 16.0 Å². The average molecular weight is 261 g/mol. The maximum Gasteiger partial charge on any atom is 0.307 e. The third kappa shape index (κ3) is 2.73. The normalized spacial score (nSPS) is 17.4. The Hall–Kier alpha value is -2.37. The first-order chi connectivity index (χ1) is 8.99. The van der Waals surface area contributed by atoms with Gasteiger partial charge in [0.25, 0.3) is 0 Å². The molecule has 1 aromatic carbocycles. The smallest absolute Gasteiger partial charge is 0.307 e. The molecular formula is C13H15N3O3. The van der Waals surface area contributed by atoms with Crippen LogP contribution in [0.4, 0.5) is 5.69 Å². The molecule has 0 spiro atoms. The van der Waals surface area contributed by atoms with E-state index in [1.54, 1.807) is 43.3 Å². The van der Waals surface area contributed by atoms with Crippen molar-refractivity contribution >= 4 is 23.5 Å². The summed E-state index contributed by atoms with van der Waals surface area (Å²) in [5, 5.41) is 8.87. The zero-order valence-electron chi connectivity index (χ0n) is 10.8. The van der Waals surface area contributed by atoms with Crippen molar-refractivity contribution in [3.05, 3.63) is 29.8 Å². The number of likely N-dealkylation sites (N-methyl/N-ethyl adjacent to an activating group) is 2. The largest absolute Gasteiger partial charge is 0.481 e. The Labute approximate surface area is 111 Å². The maximum atomic E-state index is 11.6. The first-order valence-electron chi connectivity index (χ1n) is 5.85. The van der Waals surface area contributed by atoms with Crippen molar-refractivity contribution in [3.8, 4) is 0 Å². The van der Waals surface area contributed by atoms with Gasteiger partial charge in [-0.3, -0.25) is 14.5 Å². The molecule has 0 radical (unpaired) electrons. The number of amides is 1. The topological polar surface area (TPSA) is 73.2 Å². The monoisotopic (exact) mass is 261 g/mol. The molecule has 0 unspecified atom stereocenters. The lowest BCUT2D eigenvalue weighted by atomic mass is 10.1. The van der Waals surface area contributed by atoms with Gasteiger partial charge in [0.2, 0.25) is 11.9 Å². The summed E-state index contributed by atoms with van der Waals surface area (Å²) in [7, 11) is 3.44. The molecule has 1 fully saturated rings. The van der Waals surface area contributed by atoms with E-state index in [1.165, 1.54) is 4.90 Å². The summed E-state index contributed by atoms with van der Waals surface area (Å²) < 4.78 is 0. The van der Waals surface area contributed by atoms with Crippen molar-refractivity contribution < 1.29 is 14.7 Å². The molecule has 6 nitrogen and oxygen atoms in total. The predicted octanol–water partition coefficient (Wildman–Crippen LogP) is 0.705. The molecule has 1 amide bonds. The lowest BCUT2D eigenvalue weighted by Gasteiger charge is -2.14. The minimum atomic E-state index is -0.906. The Kier molecular flexibility index (Phi) is 3.50. The lowest BCUT2D eigenvalue weighted by Crippen LogP contribution is -2.29. The van der Waals surface area contributed by atoms with E-state index < -0.39 is 5.97 Å². The van der Waals surface area contributed by atoms with E-state index in [-0.39, 0.29) is 18.9 Å². The van der Waals surface area contributed by atoms with E-state index in [0.29, 0.717) is 17.2 Å². The molecule has 0 aliphatic carbocycles. The van der Waals surface area contributed by atoms with Gasteiger partial charge in [-0.1, -0.05) is 18.2 Å². The molecule has 1 aromatic rings. The van der Waals surface area contributed by atoms with Crippen molar-refractivity contribution in [1.29, 1.82) is 0 Å². The number of carboxylic acid groups (broad SMARTS) is 1. The van der Waals surface area contributed by atoms with Crippen LogP contribution in [0.15, 0.2) is 29.3 Å². The third-order valence-electron chi connectivity index (χ3n) is 2.94. The highest BCUT2D eigenvalue weighted by Crippen LogP contribution is 2.21. The zero-order valence-corrected chi connectivity index (χ0v) is 10.8. The number of hydrogen-bond acceptors (Lipinski definition) is 3. The molecule has 2 rings (SSSR count). The van der Waals surface area contributed by atoms with Gasteiger partial charge in [0, 0.05) is 14.1 Å². The van der Waals surface area contributed by atoms with Crippen LogP contribution in [0.5, 0.6) is 0 Å². The highest BCUT2D eigenvalue weighted by atomic mass is 16.4. The van der Waals surface area contributed by atoms with Crippen LogP contribution in [0.25, 0.3) is 0 Å². The van der Waals surface area contributed by atoms with Gasteiger partial charge in [-0.2, -0.15) is 0 Å². The molecule has 0 saturated carbocycles. The first-order valence-corrected chi connectivity index (χ1v) is 5.85. The van der Waals surface area contributed by atoms with Crippen LogP contribution in [-0.4, -0.2) is 53.4 Å². The summed E-state index contributed by atoms with van der Waals surface area (Å²) in [5.74, 6) is -0.406. The second-order valence-electron chi connectivity index (χ2n) is 4.42. The quantitative estimate of drug-likeness (QED) is 0.869. The van der Waals surface area contributed by atoms with Gasteiger partial charge >= 0.3 is 5.97 Å². The zero-order chi connectivity index (χ0) is 14.0. The summed E-state index contributed by atoms with van der Waals surface area (Å²) in [4.78, 5) is 30.0. The number of nitrogens with zero attached hydrogens (tertiary/aromatic N) is 3. The van der Waals surface area contributed by atoms with Crippen molar-refractivity contribution in [2.75, 3.05) is 20.6 Å². The number of aliphatic imine (C=N–C) groups is 1. The Morgan fingerprint density at radius 1 is 1.37 bits per heavy atom. The van der Waals surface area contributed by atoms with Gasteiger partial charge in [0.05, 0.1) is 18.7 Å². The van der Waals surface area contributed by atoms with E-state index >= 15 is 0 Å². The van der Waals surface area contributed by atoms with Crippen molar-refractivity contribution in [1.82, 2.24) is 9.80 Å². The molecule has 1 N–H and O–H groups in total. The number of aliphatic carboxylic acids is 1. The Morgan fingerprint density at radius 3 is 2.63 bits per heavy atom. The van der Waals surface area contributed by atoms with Gasteiger partial charge in [-0.05, 0) is 11.6 Å². The Bertz CT molecular complexity index is 554. The van der Waals surface area contributed by atoms with E-state index in [9.17, 15) is 9.59 Å². The number of para-hydroxylation sites is 1. The average Bonchev–Trinajstić information content (AvgIpc) is 2.57. The van der Waals surface area contributed by atoms with Gasteiger partial charge in [0.15, 0.2) is 0 Å². The van der Waals surface area contributed by atoms with Crippen LogP contribution in [0.1, 0.15) is 5.56 Å². The molecule has 1 saturated heterocycles. The molecule has 1 aliphatic rings. The predicted molar refractivity (Wildman–Crippen MR) is 70.3 cm³/mol. The minimum Gasteiger partial charge on any atom is -0.481 e. The molecule has 0 atom stereocenters. The van der Waals surface area contributed by atoms with Crippen LogP contribution in [0.3, 0.4) is 0 Å². The summed E-state index contributed by atoms with van der Waals surface area (Å²) >= 11 is 0. The van der Waals surface area contributed by atoms with E-state index in [0.717, 1.165) is 0 Å². The number of carboxylic acids is 1. The molecule has 19 heavy (non-hydrogen) atoms. The fourth-order valence-electron chi connectivity index (χ4n) is 1.95. The summed E-state index contributed by atoms with van der Waals surface area (Å²) in [6.07, 6.45) is -0.0890. The molecule has 6 heteroatoms. The van der Waals surface area contributed by atoms with E-state index in [1.807, 2.05) is 0 Å². The number of hydrogen-bond donors (Lipinski definition) is 1. The number of guanidine groups is 1. The van der Waals surface area contributed by atoms with Crippen molar-refractivity contribution in [2.45, 2.75) is 6.42 Å². The molecule has 100 valence electrons. The van der Waals surface area contributed by atoms with Crippen LogP contribution < -0.4 is 0 Å². The summed E-state index contributed by atoms with van der Waals surface area (Å²) in [5.41, 5.74) is 1.21. The first kappa shape index (κ1) is 13.1. The van der Waals surface area contributed by atoms with Crippen LogP contribution in [0, 0.1) is 0 Å². The van der Waals surface area contributed by atoms with Gasteiger partial charge in [-0.15, -0.1) is 0 Å². The molecule has 1 aliphatic heterocycles. The second kappa shape index (κ2) is 5.09. The molecule has 1 heterocycles. The maximum absolute atomic E-state index is 11.6.